The average Bonchev–Trinajstić information content (AvgIpc) is 3.21. The van der Waals surface area contributed by atoms with Crippen molar-refractivity contribution in [3.8, 4) is 11.4 Å². The van der Waals surface area contributed by atoms with Crippen molar-refractivity contribution in [3.05, 3.63) is 65.0 Å². The second-order valence-electron chi connectivity index (χ2n) is 8.17. The van der Waals surface area contributed by atoms with Crippen molar-refractivity contribution in [2.45, 2.75) is 27.3 Å². The first-order valence-corrected chi connectivity index (χ1v) is 10.7. The second-order valence-corrected chi connectivity index (χ2v) is 8.17. The summed E-state index contributed by atoms with van der Waals surface area (Å²) in [5, 5.41) is 7.19. The van der Waals surface area contributed by atoms with E-state index in [4.69, 9.17) is 4.52 Å². The molecule has 0 atom stereocenters. The number of hydrogen-bond acceptors (Lipinski definition) is 6. The van der Waals surface area contributed by atoms with Gasteiger partial charge in [0, 0.05) is 37.4 Å². The number of aryl methyl sites for hydroxylation is 2. The number of amides is 1. The Morgan fingerprint density at radius 1 is 0.968 bits per heavy atom. The van der Waals surface area contributed by atoms with Crippen molar-refractivity contribution in [3.63, 3.8) is 0 Å². The average molecular weight is 420 g/mol. The number of hydrogen-bond donors (Lipinski definition) is 1. The molecule has 0 radical (unpaired) electrons. The van der Waals surface area contributed by atoms with E-state index >= 15 is 0 Å². The van der Waals surface area contributed by atoms with Crippen LogP contribution in [0.5, 0.6) is 0 Å². The first-order chi connectivity index (χ1) is 15.0. The minimum Gasteiger partial charge on any atom is -0.338 e. The molecule has 2 aromatic carbocycles. The zero-order valence-corrected chi connectivity index (χ0v) is 18.4. The summed E-state index contributed by atoms with van der Waals surface area (Å²) in [4.78, 5) is 21.5. The smallest absolute Gasteiger partial charge is 0.241 e. The Kier molecular flexibility index (Phi) is 6.44. The van der Waals surface area contributed by atoms with Crippen molar-refractivity contribution < 1.29 is 9.32 Å². The molecule has 1 saturated heterocycles. The van der Waals surface area contributed by atoms with E-state index in [0.29, 0.717) is 24.8 Å². The van der Waals surface area contributed by atoms with Crippen molar-refractivity contribution in [2.75, 3.05) is 38.0 Å². The summed E-state index contributed by atoms with van der Waals surface area (Å²) in [6, 6.07) is 14.0. The van der Waals surface area contributed by atoms with E-state index < -0.39 is 0 Å². The molecule has 3 aromatic rings. The van der Waals surface area contributed by atoms with Crippen LogP contribution < -0.4 is 5.32 Å². The van der Waals surface area contributed by atoms with E-state index in [-0.39, 0.29) is 5.91 Å². The van der Waals surface area contributed by atoms with E-state index in [2.05, 4.69) is 38.2 Å². The summed E-state index contributed by atoms with van der Waals surface area (Å²) < 4.78 is 5.47. The maximum absolute atomic E-state index is 12.5. The summed E-state index contributed by atoms with van der Waals surface area (Å²) in [7, 11) is 0. The zero-order valence-electron chi connectivity index (χ0n) is 18.4. The zero-order chi connectivity index (χ0) is 21.8. The molecule has 0 spiro atoms. The van der Waals surface area contributed by atoms with Gasteiger partial charge in [0.15, 0.2) is 0 Å². The quantitative estimate of drug-likeness (QED) is 0.660. The molecule has 7 nitrogen and oxygen atoms in total. The van der Waals surface area contributed by atoms with Crippen LogP contribution in [0.4, 0.5) is 5.69 Å². The third-order valence-corrected chi connectivity index (χ3v) is 5.92. The van der Waals surface area contributed by atoms with Crippen molar-refractivity contribution in [1.82, 2.24) is 19.9 Å². The fourth-order valence-electron chi connectivity index (χ4n) is 3.83. The molecule has 1 aromatic heterocycles. The van der Waals surface area contributed by atoms with Crippen LogP contribution in [0.2, 0.25) is 0 Å². The van der Waals surface area contributed by atoms with Gasteiger partial charge in [0.2, 0.25) is 17.6 Å². The molecule has 31 heavy (non-hydrogen) atoms. The highest BCUT2D eigenvalue weighted by Gasteiger charge is 2.21. The fourth-order valence-corrected chi connectivity index (χ4v) is 3.83. The predicted molar refractivity (Wildman–Crippen MR) is 121 cm³/mol. The number of piperazine rings is 1. The van der Waals surface area contributed by atoms with Gasteiger partial charge in [0.05, 0.1) is 13.1 Å². The number of aromatic nitrogens is 2. The lowest BCUT2D eigenvalue weighted by Gasteiger charge is -2.33. The Bertz CT molecular complexity index is 1050. The van der Waals surface area contributed by atoms with Crippen LogP contribution in [-0.4, -0.2) is 58.6 Å². The molecule has 7 heteroatoms. The Hall–Kier alpha value is -3.03. The summed E-state index contributed by atoms with van der Waals surface area (Å²) in [6.45, 7) is 10.5. The Balaban J connectivity index is 1.26. The molecular formula is C24H29N5O2. The van der Waals surface area contributed by atoms with Crippen LogP contribution >= 0.6 is 0 Å². The van der Waals surface area contributed by atoms with Gasteiger partial charge in [-0.05, 0) is 43.5 Å². The van der Waals surface area contributed by atoms with Gasteiger partial charge < -0.3 is 9.84 Å². The number of anilines is 1. The molecule has 1 amide bonds. The minimum atomic E-state index is 0.0296. The molecule has 0 aliphatic carbocycles. The van der Waals surface area contributed by atoms with Gasteiger partial charge in [0.25, 0.3) is 0 Å². The van der Waals surface area contributed by atoms with Crippen molar-refractivity contribution >= 4 is 11.6 Å². The Labute approximate surface area is 183 Å². The maximum atomic E-state index is 12.5. The lowest BCUT2D eigenvalue weighted by atomic mass is 10.1. The number of benzene rings is 2. The highest BCUT2D eigenvalue weighted by Crippen LogP contribution is 2.21. The topological polar surface area (TPSA) is 74.5 Å². The van der Waals surface area contributed by atoms with E-state index in [1.807, 2.05) is 50.2 Å². The van der Waals surface area contributed by atoms with Gasteiger partial charge >= 0.3 is 0 Å². The van der Waals surface area contributed by atoms with Crippen LogP contribution in [0.25, 0.3) is 11.4 Å². The van der Waals surface area contributed by atoms with Gasteiger partial charge in [-0.3, -0.25) is 14.6 Å². The largest absolute Gasteiger partial charge is 0.338 e. The Morgan fingerprint density at radius 3 is 2.45 bits per heavy atom. The Morgan fingerprint density at radius 2 is 1.68 bits per heavy atom. The predicted octanol–water partition coefficient (Wildman–Crippen LogP) is 3.42. The second kappa shape index (κ2) is 9.41. The molecule has 1 aliphatic heterocycles. The standard InChI is InChI=1S/C24H29N5O2/c1-17-8-6-10-21(19(17)3)25-22(30)15-28-11-13-29(14-12-28)16-23-26-24(27-31-23)20-9-5-4-7-18(20)2/h4-10H,11-16H2,1-3H3,(H,25,30). The van der Waals surface area contributed by atoms with Crippen LogP contribution in [0, 0.1) is 20.8 Å². The maximum Gasteiger partial charge on any atom is 0.241 e. The van der Waals surface area contributed by atoms with Gasteiger partial charge in [-0.15, -0.1) is 0 Å². The van der Waals surface area contributed by atoms with Crippen LogP contribution in [0.3, 0.4) is 0 Å². The monoisotopic (exact) mass is 419 g/mol. The number of nitrogens with one attached hydrogen (secondary N) is 1. The van der Waals surface area contributed by atoms with E-state index in [0.717, 1.165) is 48.6 Å². The van der Waals surface area contributed by atoms with Crippen molar-refractivity contribution in [1.29, 1.82) is 0 Å². The minimum absolute atomic E-state index is 0.0296. The molecule has 2 heterocycles. The first-order valence-electron chi connectivity index (χ1n) is 10.7. The molecule has 1 N–H and O–H groups in total. The summed E-state index contributed by atoms with van der Waals surface area (Å²) in [5.41, 5.74) is 5.31. The normalized spacial score (nSPS) is 15.2. The molecule has 0 unspecified atom stereocenters. The first kappa shape index (κ1) is 21.2. The molecule has 1 aliphatic rings. The van der Waals surface area contributed by atoms with E-state index in [1.54, 1.807) is 0 Å². The van der Waals surface area contributed by atoms with Crippen LogP contribution in [-0.2, 0) is 11.3 Å². The molecule has 4 rings (SSSR count). The number of carbonyl (C=O) groups excluding carboxylic acids is 1. The fraction of sp³-hybridized carbons (Fsp3) is 0.375. The summed E-state index contributed by atoms with van der Waals surface area (Å²) >= 11 is 0. The number of rotatable bonds is 6. The van der Waals surface area contributed by atoms with Gasteiger partial charge in [-0.2, -0.15) is 4.98 Å². The third-order valence-electron chi connectivity index (χ3n) is 5.92. The molecule has 1 fully saturated rings. The summed E-state index contributed by atoms with van der Waals surface area (Å²) in [5.74, 6) is 1.29. The van der Waals surface area contributed by atoms with Gasteiger partial charge in [-0.25, -0.2) is 0 Å². The number of nitrogens with zero attached hydrogens (tertiary/aromatic N) is 4. The number of carbonyl (C=O) groups is 1. The molecule has 162 valence electrons. The summed E-state index contributed by atoms with van der Waals surface area (Å²) in [6.07, 6.45) is 0. The van der Waals surface area contributed by atoms with E-state index in [1.165, 1.54) is 5.56 Å². The van der Waals surface area contributed by atoms with Crippen LogP contribution in [0.1, 0.15) is 22.6 Å². The highest BCUT2D eigenvalue weighted by molar-refractivity contribution is 5.93. The van der Waals surface area contributed by atoms with Crippen molar-refractivity contribution in [2.24, 2.45) is 0 Å². The SMILES string of the molecule is Cc1ccccc1-c1noc(CN2CCN(CC(=O)Nc3cccc(C)c3C)CC2)n1. The molecule has 0 saturated carbocycles. The van der Waals surface area contributed by atoms with Gasteiger partial charge in [0.1, 0.15) is 0 Å². The van der Waals surface area contributed by atoms with Crippen LogP contribution in [0.15, 0.2) is 47.0 Å². The third kappa shape index (κ3) is 5.18. The molecular weight excluding hydrogens is 390 g/mol. The highest BCUT2D eigenvalue weighted by atomic mass is 16.5. The lowest BCUT2D eigenvalue weighted by molar-refractivity contribution is -0.117. The van der Waals surface area contributed by atoms with Gasteiger partial charge in [-0.1, -0.05) is 41.6 Å². The molecule has 0 bridgehead atoms. The lowest BCUT2D eigenvalue weighted by Crippen LogP contribution is -2.48. The van der Waals surface area contributed by atoms with E-state index in [9.17, 15) is 4.79 Å².